The van der Waals surface area contributed by atoms with Crippen LogP contribution in [-0.4, -0.2) is 61.5 Å². The first kappa shape index (κ1) is 14.8. The third-order valence-corrected chi connectivity index (χ3v) is 4.45. The van der Waals surface area contributed by atoms with Crippen molar-refractivity contribution in [3.8, 4) is 0 Å². The summed E-state index contributed by atoms with van der Waals surface area (Å²) in [5.41, 5.74) is 0. The summed E-state index contributed by atoms with van der Waals surface area (Å²) in [6.07, 6.45) is 6.07. The van der Waals surface area contributed by atoms with Crippen molar-refractivity contribution in [2.45, 2.75) is 39.0 Å². The zero-order chi connectivity index (χ0) is 13.5. The minimum atomic E-state index is 0.196. The van der Waals surface area contributed by atoms with Crippen molar-refractivity contribution in [3.05, 3.63) is 0 Å². The Bertz CT molecular complexity index is 269. The number of piperidine rings is 1. The van der Waals surface area contributed by atoms with Crippen LogP contribution >= 0.6 is 0 Å². The molecule has 0 aliphatic carbocycles. The zero-order valence-corrected chi connectivity index (χ0v) is 12.4. The second kappa shape index (κ2) is 7.85. The molecule has 2 aliphatic heterocycles. The van der Waals surface area contributed by atoms with E-state index in [0.29, 0.717) is 6.42 Å². The van der Waals surface area contributed by atoms with Gasteiger partial charge in [0.15, 0.2) is 0 Å². The maximum absolute atomic E-state index is 11.4. The molecule has 1 N–H and O–H groups in total. The topological polar surface area (TPSA) is 35.6 Å². The van der Waals surface area contributed by atoms with Crippen molar-refractivity contribution >= 4 is 5.91 Å². The van der Waals surface area contributed by atoms with Crippen molar-refractivity contribution in [3.63, 3.8) is 0 Å². The number of nitrogens with one attached hydrogen (secondary N) is 1. The lowest BCUT2D eigenvalue weighted by molar-refractivity contribution is -0.121. The van der Waals surface area contributed by atoms with E-state index in [0.717, 1.165) is 19.0 Å². The van der Waals surface area contributed by atoms with Gasteiger partial charge < -0.3 is 15.1 Å². The smallest absolute Gasteiger partial charge is 0.221 e. The molecule has 0 radical (unpaired) electrons. The lowest BCUT2D eigenvalue weighted by Crippen LogP contribution is -2.39. The summed E-state index contributed by atoms with van der Waals surface area (Å²) in [6, 6.07) is 0. The molecule has 0 aromatic carbocycles. The molecule has 0 aromatic rings. The predicted octanol–water partition coefficient (Wildman–Crippen LogP) is 1.32. The number of nitrogens with zero attached hydrogens (tertiary/aromatic N) is 2. The number of hydrogen-bond acceptors (Lipinski definition) is 3. The quantitative estimate of drug-likeness (QED) is 0.788. The van der Waals surface area contributed by atoms with E-state index in [4.69, 9.17) is 0 Å². The van der Waals surface area contributed by atoms with Gasteiger partial charge in [-0.05, 0) is 64.7 Å². The molecule has 2 fully saturated rings. The first-order valence-corrected chi connectivity index (χ1v) is 7.99. The molecule has 2 saturated heterocycles. The van der Waals surface area contributed by atoms with Gasteiger partial charge in [-0.2, -0.15) is 0 Å². The van der Waals surface area contributed by atoms with Crippen LogP contribution in [0.2, 0.25) is 0 Å². The summed E-state index contributed by atoms with van der Waals surface area (Å²) in [5.74, 6) is 1.08. The highest BCUT2D eigenvalue weighted by atomic mass is 16.1. The van der Waals surface area contributed by atoms with Crippen molar-refractivity contribution in [2.24, 2.45) is 5.92 Å². The van der Waals surface area contributed by atoms with Crippen molar-refractivity contribution in [2.75, 3.05) is 45.8 Å². The van der Waals surface area contributed by atoms with Gasteiger partial charge in [0.25, 0.3) is 0 Å². The van der Waals surface area contributed by atoms with Gasteiger partial charge in [-0.15, -0.1) is 0 Å². The largest absolute Gasteiger partial charge is 0.356 e. The predicted molar refractivity (Wildman–Crippen MR) is 78.1 cm³/mol. The van der Waals surface area contributed by atoms with E-state index >= 15 is 0 Å². The van der Waals surface area contributed by atoms with Gasteiger partial charge in [0, 0.05) is 26.1 Å². The molecule has 0 saturated carbocycles. The molecule has 1 amide bonds. The second-order valence-corrected chi connectivity index (χ2v) is 6.00. The van der Waals surface area contributed by atoms with Gasteiger partial charge in [0.2, 0.25) is 5.91 Å². The fourth-order valence-corrected chi connectivity index (χ4v) is 3.27. The standard InChI is InChI=1S/C15H29N3O/c1-2-16-15(19)7-12-17-10-5-14(6-11-17)13-18-8-3-4-9-18/h14H,2-13H2,1H3,(H,16,19). The van der Waals surface area contributed by atoms with Crippen LogP contribution < -0.4 is 5.32 Å². The molecule has 4 nitrogen and oxygen atoms in total. The van der Waals surface area contributed by atoms with Crippen LogP contribution in [0.15, 0.2) is 0 Å². The molecular formula is C15H29N3O. The van der Waals surface area contributed by atoms with E-state index in [2.05, 4.69) is 15.1 Å². The molecule has 0 unspecified atom stereocenters. The average molecular weight is 267 g/mol. The average Bonchev–Trinajstić information content (AvgIpc) is 2.91. The van der Waals surface area contributed by atoms with Crippen LogP contribution in [0.25, 0.3) is 0 Å². The van der Waals surface area contributed by atoms with E-state index in [1.165, 1.54) is 58.4 Å². The summed E-state index contributed by atoms with van der Waals surface area (Å²) in [7, 11) is 0. The molecule has 2 rings (SSSR count). The van der Waals surface area contributed by atoms with Gasteiger partial charge in [-0.1, -0.05) is 0 Å². The number of amides is 1. The van der Waals surface area contributed by atoms with E-state index < -0.39 is 0 Å². The highest BCUT2D eigenvalue weighted by Crippen LogP contribution is 2.20. The SMILES string of the molecule is CCNC(=O)CCN1CCC(CN2CCCC2)CC1. The number of likely N-dealkylation sites (tertiary alicyclic amines) is 2. The molecule has 4 heteroatoms. The van der Waals surface area contributed by atoms with E-state index in [1.807, 2.05) is 6.92 Å². The fraction of sp³-hybridized carbons (Fsp3) is 0.933. The Labute approximate surface area is 117 Å². The van der Waals surface area contributed by atoms with Gasteiger partial charge in [0.1, 0.15) is 0 Å². The molecule has 0 bridgehead atoms. The Kier molecular flexibility index (Phi) is 6.11. The maximum atomic E-state index is 11.4. The van der Waals surface area contributed by atoms with Crippen LogP contribution in [0.4, 0.5) is 0 Å². The van der Waals surface area contributed by atoms with Crippen LogP contribution in [0.1, 0.15) is 39.0 Å². The van der Waals surface area contributed by atoms with E-state index in [9.17, 15) is 4.79 Å². The third kappa shape index (κ3) is 5.11. The summed E-state index contributed by atoms with van der Waals surface area (Å²) >= 11 is 0. The monoisotopic (exact) mass is 267 g/mol. The van der Waals surface area contributed by atoms with Crippen LogP contribution in [0.3, 0.4) is 0 Å². The van der Waals surface area contributed by atoms with E-state index in [-0.39, 0.29) is 5.91 Å². The maximum Gasteiger partial charge on any atom is 0.221 e. The number of carbonyl (C=O) groups excluding carboxylic acids is 1. The number of hydrogen-bond donors (Lipinski definition) is 1. The van der Waals surface area contributed by atoms with Gasteiger partial charge in [-0.25, -0.2) is 0 Å². The first-order valence-electron chi connectivity index (χ1n) is 7.99. The van der Waals surface area contributed by atoms with Gasteiger partial charge in [0.05, 0.1) is 0 Å². The second-order valence-electron chi connectivity index (χ2n) is 6.00. The Hall–Kier alpha value is -0.610. The molecule has 2 aliphatic rings. The Balaban J connectivity index is 1.58. The Morgan fingerprint density at radius 2 is 1.79 bits per heavy atom. The molecule has 0 atom stereocenters. The summed E-state index contributed by atoms with van der Waals surface area (Å²) in [4.78, 5) is 16.5. The molecule has 110 valence electrons. The Morgan fingerprint density at radius 3 is 2.42 bits per heavy atom. The highest BCUT2D eigenvalue weighted by molar-refractivity contribution is 5.75. The number of carbonyl (C=O) groups is 1. The molecular weight excluding hydrogens is 238 g/mol. The van der Waals surface area contributed by atoms with Crippen LogP contribution in [0.5, 0.6) is 0 Å². The van der Waals surface area contributed by atoms with Crippen LogP contribution in [0, 0.1) is 5.92 Å². The van der Waals surface area contributed by atoms with Crippen molar-refractivity contribution in [1.82, 2.24) is 15.1 Å². The highest BCUT2D eigenvalue weighted by Gasteiger charge is 2.22. The fourth-order valence-electron chi connectivity index (χ4n) is 3.27. The third-order valence-electron chi connectivity index (χ3n) is 4.45. The van der Waals surface area contributed by atoms with Crippen molar-refractivity contribution < 1.29 is 4.79 Å². The Morgan fingerprint density at radius 1 is 1.11 bits per heavy atom. The summed E-state index contributed by atoms with van der Waals surface area (Å²) < 4.78 is 0. The van der Waals surface area contributed by atoms with E-state index in [1.54, 1.807) is 0 Å². The van der Waals surface area contributed by atoms with Gasteiger partial charge >= 0.3 is 0 Å². The first-order chi connectivity index (χ1) is 9.28. The molecule has 2 heterocycles. The summed E-state index contributed by atoms with van der Waals surface area (Å²) in [5, 5.41) is 2.87. The molecule has 0 aromatic heterocycles. The molecule has 19 heavy (non-hydrogen) atoms. The minimum absolute atomic E-state index is 0.196. The zero-order valence-electron chi connectivity index (χ0n) is 12.4. The summed E-state index contributed by atoms with van der Waals surface area (Å²) in [6.45, 7) is 9.95. The normalized spacial score (nSPS) is 22.8. The number of rotatable bonds is 6. The van der Waals surface area contributed by atoms with Crippen molar-refractivity contribution in [1.29, 1.82) is 0 Å². The lowest BCUT2D eigenvalue weighted by Gasteiger charge is -2.33. The van der Waals surface area contributed by atoms with Gasteiger partial charge in [-0.3, -0.25) is 4.79 Å². The minimum Gasteiger partial charge on any atom is -0.356 e. The molecule has 0 spiro atoms. The van der Waals surface area contributed by atoms with Crippen LogP contribution in [-0.2, 0) is 4.79 Å². The lowest BCUT2D eigenvalue weighted by atomic mass is 9.96.